The summed E-state index contributed by atoms with van der Waals surface area (Å²) in [5, 5.41) is 18.4. The van der Waals surface area contributed by atoms with E-state index in [1.807, 2.05) is 0 Å². The van der Waals surface area contributed by atoms with Crippen LogP contribution >= 0.6 is 0 Å². The highest BCUT2D eigenvalue weighted by Gasteiger charge is 2.40. The molecular formula is C11H18N2O4. The van der Waals surface area contributed by atoms with Crippen molar-refractivity contribution in [3.05, 3.63) is 0 Å². The molecule has 6 nitrogen and oxygen atoms in total. The number of β-amino-alcohol motifs (C(OH)–C–C–N with tert-alkyl or cyclic N) is 1. The predicted octanol–water partition coefficient (Wildman–Crippen LogP) is -0.840. The van der Waals surface area contributed by atoms with Gasteiger partial charge in [-0.05, 0) is 18.8 Å². The number of carboxylic acids is 1. The van der Waals surface area contributed by atoms with E-state index in [2.05, 4.69) is 0 Å². The zero-order valence-corrected chi connectivity index (χ0v) is 9.58. The van der Waals surface area contributed by atoms with E-state index in [-0.39, 0.29) is 31.3 Å². The Balaban J connectivity index is 1.94. The van der Waals surface area contributed by atoms with E-state index in [4.69, 9.17) is 10.8 Å². The molecule has 3 atom stereocenters. The first kappa shape index (κ1) is 12.3. The summed E-state index contributed by atoms with van der Waals surface area (Å²) in [6, 6.07) is -1.07. The van der Waals surface area contributed by atoms with E-state index in [1.165, 1.54) is 4.90 Å². The SMILES string of the molecule is NC(CC(=O)N1C[C@@H](O)C[C@H]1C(=O)O)C1CC1. The molecule has 0 spiro atoms. The van der Waals surface area contributed by atoms with Gasteiger partial charge in [0, 0.05) is 25.4 Å². The minimum atomic E-state index is -1.06. The zero-order valence-electron chi connectivity index (χ0n) is 9.58. The molecule has 0 aromatic heterocycles. The van der Waals surface area contributed by atoms with Gasteiger partial charge >= 0.3 is 5.97 Å². The normalized spacial score (nSPS) is 30.4. The average molecular weight is 242 g/mol. The van der Waals surface area contributed by atoms with Gasteiger partial charge in [-0.3, -0.25) is 4.79 Å². The summed E-state index contributed by atoms with van der Waals surface area (Å²) in [4.78, 5) is 24.1. The summed E-state index contributed by atoms with van der Waals surface area (Å²) in [5.41, 5.74) is 5.85. The largest absolute Gasteiger partial charge is 0.480 e. The first-order valence-electron chi connectivity index (χ1n) is 5.95. The van der Waals surface area contributed by atoms with Crippen LogP contribution in [0.25, 0.3) is 0 Å². The third-order valence-electron chi connectivity index (χ3n) is 3.52. The summed E-state index contributed by atoms with van der Waals surface area (Å²) in [6.07, 6.45) is 1.66. The fourth-order valence-electron chi connectivity index (χ4n) is 2.33. The molecule has 2 fully saturated rings. The summed E-state index contributed by atoms with van der Waals surface area (Å²) in [6.45, 7) is 0.104. The molecule has 6 heteroatoms. The number of aliphatic hydroxyl groups excluding tert-OH is 1. The van der Waals surface area contributed by atoms with E-state index in [0.29, 0.717) is 5.92 Å². The van der Waals surface area contributed by atoms with E-state index >= 15 is 0 Å². The molecule has 0 aromatic rings. The second-order valence-corrected chi connectivity index (χ2v) is 5.00. The third-order valence-corrected chi connectivity index (χ3v) is 3.52. The van der Waals surface area contributed by atoms with Crippen molar-refractivity contribution >= 4 is 11.9 Å². The number of carboxylic acid groups (broad SMARTS) is 1. The summed E-state index contributed by atoms with van der Waals surface area (Å²) in [7, 11) is 0. The Morgan fingerprint density at radius 2 is 2.06 bits per heavy atom. The van der Waals surface area contributed by atoms with E-state index in [1.54, 1.807) is 0 Å². The van der Waals surface area contributed by atoms with Crippen LogP contribution in [0.2, 0.25) is 0 Å². The molecule has 4 N–H and O–H groups in total. The molecule has 2 rings (SSSR count). The van der Waals surface area contributed by atoms with Crippen LogP contribution in [0, 0.1) is 5.92 Å². The van der Waals surface area contributed by atoms with Gasteiger partial charge in [-0.1, -0.05) is 0 Å². The Morgan fingerprint density at radius 3 is 2.59 bits per heavy atom. The van der Waals surface area contributed by atoms with Crippen molar-refractivity contribution in [3.63, 3.8) is 0 Å². The second kappa shape index (κ2) is 4.62. The number of amides is 1. The van der Waals surface area contributed by atoms with Gasteiger partial charge in [-0.25, -0.2) is 4.79 Å². The number of aliphatic hydroxyl groups is 1. The maximum absolute atomic E-state index is 11.9. The molecule has 17 heavy (non-hydrogen) atoms. The number of hydrogen-bond donors (Lipinski definition) is 3. The standard InChI is InChI=1S/C11H18N2O4/c12-8(6-1-2-6)4-10(15)13-5-7(14)3-9(13)11(16)17/h6-9,14H,1-5,12H2,(H,16,17)/t7-,8?,9-/m0/s1. The maximum atomic E-state index is 11.9. The predicted molar refractivity (Wildman–Crippen MR) is 59.1 cm³/mol. The van der Waals surface area contributed by atoms with Crippen LogP contribution in [0.1, 0.15) is 25.7 Å². The second-order valence-electron chi connectivity index (χ2n) is 5.00. The number of carbonyl (C=O) groups is 2. The average Bonchev–Trinajstić information content (AvgIpc) is 3.01. The van der Waals surface area contributed by atoms with Crippen LogP contribution in [0.3, 0.4) is 0 Å². The topological polar surface area (TPSA) is 104 Å². The van der Waals surface area contributed by atoms with Crippen molar-refractivity contribution < 1.29 is 19.8 Å². The monoisotopic (exact) mass is 242 g/mol. The van der Waals surface area contributed by atoms with Gasteiger partial charge in [-0.2, -0.15) is 0 Å². The Bertz CT molecular complexity index is 329. The lowest BCUT2D eigenvalue weighted by Crippen LogP contribution is -2.43. The van der Waals surface area contributed by atoms with Crippen LogP contribution in [0.5, 0.6) is 0 Å². The van der Waals surface area contributed by atoms with Gasteiger partial charge in [0.05, 0.1) is 6.10 Å². The number of likely N-dealkylation sites (tertiary alicyclic amines) is 1. The molecule has 1 heterocycles. The van der Waals surface area contributed by atoms with Crippen LogP contribution in [-0.4, -0.2) is 51.7 Å². The number of aliphatic carboxylic acids is 1. The lowest BCUT2D eigenvalue weighted by molar-refractivity contribution is -0.148. The third kappa shape index (κ3) is 2.76. The molecule has 1 saturated carbocycles. The van der Waals surface area contributed by atoms with Gasteiger partial charge in [0.15, 0.2) is 0 Å². The first-order chi connectivity index (χ1) is 7.99. The Kier molecular flexibility index (Phi) is 3.35. The van der Waals surface area contributed by atoms with Gasteiger partial charge in [0.25, 0.3) is 0 Å². The number of nitrogens with two attached hydrogens (primary N) is 1. The Labute approximate surface area is 99.4 Å². The molecule has 2 aliphatic rings. The minimum absolute atomic E-state index is 0.104. The molecule has 96 valence electrons. The highest BCUT2D eigenvalue weighted by Crippen LogP contribution is 2.33. The number of carbonyl (C=O) groups excluding carboxylic acids is 1. The van der Waals surface area contributed by atoms with Crippen LogP contribution in [0.4, 0.5) is 0 Å². The Hall–Kier alpha value is -1.14. The molecule has 1 aliphatic heterocycles. The van der Waals surface area contributed by atoms with Crippen molar-refractivity contribution in [2.45, 2.75) is 43.9 Å². The smallest absolute Gasteiger partial charge is 0.326 e. The van der Waals surface area contributed by atoms with Crippen molar-refractivity contribution in [1.82, 2.24) is 4.90 Å². The summed E-state index contributed by atoms with van der Waals surface area (Å²) < 4.78 is 0. The fourth-order valence-corrected chi connectivity index (χ4v) is 2.33. The van der Waals surface area contributed by atoms with Crippen LogP contribution in [-0.2, 0) is 9.59 Å². The molecule has 0 aromatic carbocycles. The number of hydrogen-bond acceptors (Lipinski definition) is 4. The van der Waals surface area contributed by atoms with E-state index in [9.17, 15) is 14.7 Å². The minimum Gasteiger partial charge on any atom is -0.480 e. The number of nitrogens with zero attached hydrogens (tertiary/aromatic N) is 1. The number of rotatable bonds is 4. The van der Waals surface area contributed by atoms with Gasteiger partial charge in [0.1, 0.15) is 6.04 Å². The lowest BCUT2D eigenvalue weighted by Gasteiger charge is -2.22. The van der Waals surface area contributed by atoms with Gasteiger partial charge in [0.2, 0.25) is 5.91 Å². The molecule has 1 unspecified atom stereocenters. The molecule has 1 aliphatic carbocycles. The highest BCUT2D eigenvalue weighted by atomic mass is 16.4. The molecular weight excluding hydrogens is 224 g/mol. The molecule has 0 radical (unpaired) electrons. The van der Waals surface area contributed by atoms with Crippen molar-refractivity contribution in [1.29, 1.82) is 0 Å². The van der Waals surface area contributed by atoms with E-state index in [0.717, 1.165) is 12.8 Å². The lowest BCUT2D eigenvalue weighted by atomic mass is 10.1. The Morgan fingerprint density at radius 1 is 1.41 bits per heavy atom. The molecule has 1 saturated heterocycles. The highest BCUT2D eigenvalue weighted by molar-refractivity contribution is 5.84. The zero-order chi connectivity index (χ0) is 12.6. The van der Waals surface area contributed by atoms with Crippen LogP contribution < -0.4 is 5.73 Å². The fraction of sp³-hybridized carbons (Fsp3) is 0.818. The quantitative estimate of drug-likeness (QED) is 0.596. The molecule has 1 amide bonds. The van der Waals surface area contributed by atoms with E-state index < -0.39 is 18.1 Å². The molecule has 0 bridgehead atoms. The summed E-state index contributed by atoms with van der Waals surface area (Å²) in [5.74, 6) is -0.905. The van der Waals surface area contributed by atoms with Crippen molar-refractivity contribution in [2.75, 3.05) is 6.54 Å². The van der Waals surface area contributed by atoms with Crippen LogP contribution in [0.15, 0.2) is 0 Å². The van der Waals surface area contributed by atoms with Crippen molar-refractivity contribution in [3.8, 4) is 0 Å². The van der Waals surface area contributed by atoms with Crippen molar-refractivity contribution in [2.24, 2.45) is 11.7 Å². The summed E-state index contributed by atoms with van der Waals surface area (Å²) >= 11 is 0. The van der Waals surface area contributed by atoms with Gasteiger partial charge < -0.3 is 20.8 Å². The first-order valence-corrected chi connectivity index (χ1v) is 5.95. The maximum Gasteiger partial charge on any atom is 0.326 e. The van der Waals surface area contributed by atoms with Gasteiger partial charge in [-0.15, -0.1) is 0 Å².